The molecule has 0 unspecified atom stereocenters. The molecular formula is C16H19N3O. The van der Waals surface area contributed by atoms with Crippen LogP contribution in [0, 0.1) is 11.3 Å². The van der Waals surface area contributed by atoms with E-state index in [-0.39, 0.29) is 0 Å². The van der Waals surface area contributed by atoms with Crippen molar-refractivity contribution in [3.05, 3.63) is 29.6 Å². The molecule has 1 aliphatic heterocycles. The van der Waals surface area contributed by atoms with Gasteiger partial charge in [0.05, 0.1) is 17.1 Å². The number of ether oxygens (including phenoxy) is 1. The van der Waals surface area contributed by atoms with Gasteiger partial charge < -0.3 is 9.30 Å². The fourth-order valence-electron chi connectivity index (χ4n) is 2.94. The monoisotopic (exact) mass is 269 g/mol. The van der Waals surface area contributed by atoms with E-state index in [4.69, 9.17) is 15.0 Å². The van der Waals surface area contributed by atoms with Gasteiger partial charge in [0.2, 0.25) is 0 Å². The van der Waals surface area contributed by atoms with E-state index in [2.05, 4.69) is 35.9 Å². The fraction of sp³-hybridized carbons (Fsp3) is 0.500. The molecule has 1 fully saturated rings. The van der Waals surface area contributed by atoms with Crippen molar-refractivity contribution in [2.24, 2.45) is 7.05 Å². The molecule has 0 saturated carbocycles. The Morgan fingerprint density at radius 2 is 2.20 bits per heavy atom. The Balaban J connectivity index is 1.94. The van der Waals surface area contributed by atoms with E-state index in [0.29, 0.717) is 12.3 Å². The van der Waals surface area contributed by atoms with Crippen LogP contribution in [0.25, 0.3) is 11.0 Å². The Morgan fingerprint density at radius 1 is 1.40 bits per heavy atom. The summed E-state index contributed by atoms with van der Waals surface area (Å²) >= 11 is 0. The molecule has 1 saturated heterocycles. The van der Waals surface area contributed by atoms with Crippen molar-refractivity contribution in [1.29, 1.82) is 5.26 Å². The lowest BCUT2D eigenvalue weighted by molar-refractivity contribution is 0.0831. The van der Waals surface area contributed by atoms with E-state index >= 15 is 0 Å². The maximum atomic E-state index is 8.68. The number of nitriles is 1. The number of hydrogen-bond acceptors (Lipinski definition) is 3. The molecular weight excluding hydrogens is 250 g/mol. The van der Waals surface area contributed by atoms with Gasteiger partial charge >= 0.3 is 0 Å². The molecule has 0 atom stereocenters. The maximum Gasteiger partial charge on any atom is 0.112 e. The highest BCUT2D eigenvalue weighted by atomic mass is 16.5. The van der Waals surface area contributed by atoms with Crippen LogP contribution in [0.2, 0.25) is 0 Å². The van der Waals surface area contributed by atoms with E-state index < -0.39 is 0 Å². The molecule has 3 rings (SSSR count). The number of hydrogen-bond donors (Lipinski definition) is 0. The standard InChI is InChI=1S/C16H19N3O/c1-19-15-5-4-12(3-2-8-17)11-14(15)18-16(19)13-6-9-20-10-7-13/h4-5,11,13H,2-3,6-7,9-10H2,1H3. The molecule has 1 aromatic carbocycles. The second-order valence-electron chi connectivity index (χ2n) is 5.40. The van der Waals surface area contributed by atoms with Gasteiger partial charge in [0.15, 0.2) is 0 Å². The third kappa shape index (κ3) is 2.41. The minimum atomic E-state index is 0.503. The summed E-state index contributed by atoms with van der Waals surface area (Å²) in [7, 11) is 2.09. The minimum Gasteiger partial charge on any atom is -0.381 e. The molecule has 4 nitrogen and oxygen atoms in total. The van der Waals surface area contributed by atoms with Crippen LogP contribution in [0.15, 0.2) is 18.2 Å². The van der Waals surface area contributed by atoms with Crippen LogP contribution in [0.4, 0.5) is 0 Å². The molecule has 0 N–H and O–H groups in total. The Hall–Kier alpha value is -1.86. The number of fused-ring (bicyclic) bond motifs is 1. The first kappa shape index (κ1) is 13.1. The summed E-state index contributed by atoms with van der Waals surface area (Å²) in [6.07, 6.45) is 3.47. The molecule has 20 heavy (non-hydrogen) atoms. The van der Waals surface area contributed by atoms with Crippen LogP contribution in [0.5, 0.6) is 0 Å². The smallest absolute Gasteiger partial charge is 0.112 e. The van der Waals surface area contributed by atoms with Gasteiger partial charge in [0, 0.05) is 32.6 Å². The summed E-state index contributed by atoms with van der Waals surface area (Å²) in [5.41, 5.74) is 3.41. The second kappa shape index (κ2) is 5.64. The van der Waals surface area contributed by atoms with Crippen LogP contribution in [0.3, 0.4) is 0 Å². The van der Waals surface area contributed by atoms with E-state index in [1.165, 1.54) is 16.9 Å². The normalized spacial score (nSPS) is 16.4. The van der Waals surface area contributed by atoms with Gasteiger partial charge in [-0.1, -0.05) is 6.07 Å². The number of imidazole rings is 1. The summed E-state index contributed by atoms with van der Waals surface area (Å²) < 4.78 is 7.64. The topological polar surface area (TPSA) is 50.8 Å². The van der Waals surface area contributed by atoms with Gasteiger partial charge in [0.1, 0.15) is 5.82 Å². The van der Waals surface area contributed by atoms with E-state index in [1.807, 2.05) is 0 Å². The van der Waals surface area contributed by atoms with Crippen molar-refractivity contribution in [2.45, 2.75) is 31.6 Å². The van der Waals surface area contributed by atoms with Gasteiger partial charge in [-0.25, -0.2) is 4.98 Å². The van der Waals surface area contributed by atoms with E-state index in [0.717, 1.165) is 38.0 Å². The molecule has 1 aliphatic rings. The summed E-state index contributed by atoms with van der Waals surface area (Å²) in [6, 6.07) is 8.54. The molecule has 0 aliphatic carbocycles. The van der Waals surface area contributed by atoms with Gasteiger partial charge in [-0.3, -0.25) is 0 Å². The van der Waals surface area contributed by atoms with E-state index in [1.54, 1.807) is 0 Å². The van der Waals surface area contributed by atoms with Gasteiger partial charge in [-0.2, -0.15) is 5.26 Å². The zero-order valence-electron chi connectivity index (χ0n) is 11.8. The second-order valence-corrected chi connectivity index (χ2v) is 5.40. The largest absolute Gasteiger partial charge is 0.381 e. The van der Waals surface area contributed by atoms with Crippen LogP contribution < -0.4 is 0 Å². The highest BCUT2D eigenvalue weighted by Gasteiger charge is 2.21. The van der Waals surface area contributed by atoms with Gasteiger partial charge in [0.25, 0.3) is 0 Å². The van der Waals surface area contributed by atoms with Crippen molar-refractivity contribution >= 4 is 11.0 Å². The third-order valence-corrected chi connectivity index (χ3v) is 4.09. The van der Waals surface area contributed by atoms with E-state index in [9.17, 15) is 0 Å². The number of benzene rings is 1. The molecule has 2 aromatic rings. The Bertz CT molecular complexity index is 648. The van der Waals surface area contributed by atoms with Crippen LogP contribution in [0.1, 0.15) is 36.6 Å². The van der Waals surface area contributed by atoms with Crippen LogP contribution in [-0.2, 0) is 18.2 Å². The first-order chi connectivity index (χ1) is 9.79. The van der Waals surface area contributed by atoms with Gasteiger partial charge in [-0.15, -0.1) is 0 Å². The first-order valence-corrected chi connectivity index (χ1v) is 7.19. The van der Waals surface area contributed by atoms with Crippen molar-refractivity contribution in [1.82, 2.24) is 9.55 Å². The molecule has 0 bridgehead atoms. The quantitative estimate of drug-likeness (QED) is 0.860. The Labute approximate surface area is 119 Å². The highest BCUT2D eigenvalue weighted by molar-refractivity contribution is 5.77. The van der Waals surface area contributed by atoms with Crippen molar-refractivity contribution in [3.63, 3.8) is 0 Å². The summed E-state index contributed by atoms with van der Waals surface area (Å²) in [6.45, 7) is 1.67. The van der Waals surface area contributed by atoms with Crippen molar-refractivity contribution in [2.75, 3.05) is 13.2 Å². The number of aryl methyl sites for hydroxylation is 2. The molecule has 4 heteroatoms. The molecule has 0 amide bonds. The fourth-order valence-corrected chi connectivity index (χ4v) is 2.94. The molecule has 2 heterocycles. The minimum absolute atomic E-state index is 0.503. The summed E-state index contributed by atoms with van der Waals surface area (Å²) in [5, 5.41) is 8.68. The Morgan fingerprint density at radius 3 is 2.95 bits per heavy atom. The van der Waals surface area contributed by atoms with Crippen LogP contribution in [-0.4, -0.2) is 22.8 Å². The van der Waals surface area contributed by atoms with Gasteiger partial charge in [-0.05, 0) is 37.0 Å². The lowest BCUT2D eigenvalue weighted by Crippen LogP contribution is -2.17. The molecule has 104 valence electrons. The number of nitrogens with zero attached hydrogens (tertiary/aromatic N) is 3. The predicted octanol–water partition coefficient (Wildman–Crippen LogP) is 2.92. The highest BCUT2D eigenvalue weighted by Crippen LogP contribution is 2.29. The van der Waals surface area contributed by atoms with Crippen LogP contribution >= 0.6 is 0 Å². The van der Waals surface area contributed by atoms with Crippen molar-refractivity contribution < 1.29 is 4.74 Å². The maximum absolute atomic E-state index is 8.68. The SMILES string of the molecule is Cn1c(C2CCOCC2)nc2cc(CCC#N)ccc21. The lowest BCUT2D eigenvalue weighted by atomic mass is 9.99. The zero-order chi connectivity index (χ0) is 13.9. The van der Waals surface area contributed by atoms with Crippen molar-refractivity contribution in [3.8, 4) is 6.07 Å². The predicted molar refractivity (Wildman–Crippen MR) is 77.4 cm³/mol. The average molecular weight is 269 g/mol. The molecule has 0 spiro atoms. The first-order valence-electron chi connectivity index (χ1n) is 7.19. The number of aromatic nitrogens is 2. The Kier molecular flexibility index (Phi) is 3.70. The third-order valence-electron chi connectivity index (χ3n) is 4.09. The zero-order valence-corrected chi connectivity index (χ0v) is 11.8. The lowest BCUT2D eigenvalue weighted by Gasteiger charge is -2.21. The molecule has 1 aromatic heterocycles. The summed E-state index contributed by atoms with van der Waals surface area (Å²) in [5.74, 6) is 1.67. The summed E-state index contributed by atoms with van der Waals surface area (Å²) in [4.78, 5) is 4.83. The molecule has 0 radical (unpaired) electrons. The number of rotatable bonds is 3. The average Bonchev–Trinajstić information content (AvgIpc) is 2.83.